The molecule has 21 heavy (non-hydrogen) atoms. The molecule has 3 rings (SSSR count). The number of hydrogen-bond donors (Lipinski definition) is 1. The fraction of sp³-hybridized carbons (Fsp3) is 0.400. The minimum atomic E-state index is 0.141. The number of rotatable bonds is 0. The van der Waals surface area contributed by atoms with Gasteiger partial charge in [0.15, 0.2) is 0 Å². The van der Waals surface area contributed by atoms with E-state index in [0.717, 1.165) is 0 Å². The molecule has 0 aliphatic heterocycles. The second-order valence-electron chi connectivity index (χ2n) is 8.08. The van der Waals surface area contributed by atoms with Crippen LogP contribution in [-0.4, -0.2) is 4.98 Å². The van der Waals surface area contributed by atoms with Crippen molar-refractivity contribution >= 4 is 21.8 Å². The van der Waals surface area contributed by atoms with Crippen molar-refractivity contribution in [2.45, 2.75) is 52.4 Å². The first kappa shape index (κ1) is 14.2. The molecule has 0 unspecified atom stereocenters. The summed E-state index contributed by atoms with van der Waals surface area (Å²) in [5.74, 6) is 0. The van der Waals surface area contributed by atoms with Crippen molar-refractivity contribution in [3.63, 3.8) is 0 Å². The monoisotopic (exact) mass is 279 g/mol. The average molecular weight is 279 g/mol. The van der Waals surface area contributed by atoms with Crippen LogP contribution < -0.4 is 0 Å². The number of para-hydroxylation sites is 2. The van der Waals surface area contributed by atoms with Gasteiger partial charge in [0, 0.05) is 10.8 Å². The summed E-state index contributed by atoms with van der Waals surface area (Å²) in [5.41, 5.74) is 5.63. The molecule has 1 heteroatoms. The zero-order chi connectivity index (χ0) is 15.4. The topological polar surface area (TPSA) is 15.8 Å². The van der Waals surface area contributed by atoms with Crippen molar-refractivity contribution in [1.82, 2.24) is 4.98 Å². The Hall–Kier alpha value is -1.76. The molecule has 0 amide bonds. The standard InChI is InChI=1S/C20H25N/c1-19(2,3)15-11-7-9-13-14-10-8-12-16(20(4,5)6)18(14)21-17(13)15/h7-12,21H,1-6H3. The van der Waals surface area contributed by atoms with Gasteiger partial charge in [-0.25, -0.2) is 0 Å². The summed E-state index contributed by atoms with van der Waals surface area (Å²) in [4.78, 5) is 3.73. The van der Waals surface area contributed by atoms with E-state index in [2.05, 4.69) is 82.9 Å². The molecule has 1 aromatic heterocycles. The largest absolute Gasteiger partial charge is 0.354 e. The fourth-order valence-corrected chi connectivity index (χ4v) is 3.20. The third-order valence-corrected chi connectivity index (χ3v) is 4.29. The third kappa shape index (κ3) is 2.25. The van der Waals surface area contributed by atoms with E-state index in [9.17, 15) is 0 Å². The molecule has 0 aliphatic carbocycles. The average Bonchev–Trinajstić information content (AvgIpc) is 2.74. The summed E-state index contributed by atoms with van der Waals surface area (Å²) in [5, 5.41) is 2.67. The van der Waals surface area contributed by atoms with E-state index < -0.39 is 0 Å². The minimum absolute atomic E-state index is 0.141. The highest BCUT2D eigenvalue weighted by Crippen LogP contribution is 2.37. The fourth-order valence-electron chi connectivity index (χ4n) is 3.20. The van der Waals surface area contributed by atoms with Gasteiger partial charge in [-0.05, 0) is 22.0 Å². The number of aromatic nitrogens is 1. The maximum Gasteiger partial charge on any atom is 0.0502 e. The smallest absolute Gasteiger partial charge is 0.0502 e. The maximum absolute atomic E-state index is 3.73. The highest BCUT2D eigenvalue weighted by Gasteiger charge is 2.22. The SMILES string of the molecule is CC(C)(C)c1cccc2c1[nH]c1c(C(C)(C)C)cccc12. The van der Waals surface area contributed by atoms with Crippen LogP contribution >= 0.6 is 0 Å². The Labute approximate surface area is 127 Å². The predicted octanol–water partition coefficient (Wildman–Crippen LogP) is 5.92. The van der Waals surface area contributed by atoms with Gasteiger partial charge in [0.25, 0.3) is 0 Å². The molecule has 0 radical (unpaired) electrons. The first-order valence-corrected chi connectivity index (χ1v) is 7.74. The molecule has 1 nitrogen and oxygen atoms in total. The summed E-state index contributed by atoms with van der Waals surface area (Å²) in [6, 6.07) is 13.3. The normalized spacial score (nSPS) is 13.2. The first-order chi connectivity index (χ1) is 9.69. The Morgan fingerprint density at radius 1 is 0.619 bits per heavy atom. The van der Waals surface area contributed by atoms with E-state index in [0.29, 0.717) is 0 Å². The van der Waals surface area contributed by atoms with Gasteiger partial charge in [-0.3, -0.25) is 0 Å². The van der Waals surface area contributed by atoms with E-state index in [1.54, 1.807) is 0 Å². The molecule has 2 aromatic carbocycles. The zero-order valence-corrected chi connectivity index (χ0v) is 14.0. The van der Waals surface area contributed by atoms with Gasteiger partial charge < -0.3 is 4.98 Å². The van der Waals surface area contributed by atoms with Crippen molar-refractivity contribution in [2.24, 2.45) is 0 Å². The highest BCUT2D eigenvalue weighted by atomic mass is 14.7. The number of H-pyrrole nitrogens is 1. The lowest BCUT2D eigenvalue weighted by atomic mass is 9.85. The van der Waals surface area contributed by atoms with Crippen LogP contribution in [0.4, 0.5) is 0 Å². The van der Waals surface area contributed by atoms with Crippen molar-refractivity contribution in [3.8, 4) is 0 Å². The molecule has 0 bridgehead atoms. The van der Waals surface area contributed by atoms with Crippen LogP contribution in [0.3, 0.4) is 0 Å². The van der Waals surface area contributed by atoms with E-state index in [1.165, 1.54) is 32.9 Å². The Bertz CT molecular complexity index is 739. The quantitative estimate of drug-likeness (QED) is 0.526. The van der Waals surface area contributed by atoms with E-state index in [4.69, 9.17) is 0 Å². The second kappa shape index (κ2) is 4.37. The Morgan fingerprint density at radius 2 is 1.00 bits per heavy atom. The summed E-state index contributed by atoms with van der Waals surface area (Å²) in [6.45, 7) is 13.7. The molecule has 0 saturated carbocycles. The van der Waals surface area contributed by atoms with Gasteiger partial charge in [-0.2, -0.15) is 0 Å². The number of nitrogens with one attached hydrogen (secondary N) is 1. The Kier molecular flexibility index (Phi) is 2.95. The van der Waals surface area contributed by atoms with Crippen LogP contribution in [0.15, 0.2) is 36.4 Å². The van der Waals surface area contributed by atoms with Gasteiger partial charge in [-0.15, -0.1) is 0 Å². The summed E-state index contributed by atoms with van der Waals surface area (Å²) in [7, 11) is 0. The molecule has 1 heterocycles. The van der Waals surface area contributed by atoms with Crippen LogP contribution in [0.2, 0.25) is 0 Å². The van der Waals surface area contributed by atoms with Crippen LogP contribution in [0.1, 0.15) is 52.7 Å². The number of hydrogen-bond acceptors (Lipinski definition) is 0. The third-order valence-electron chi connectivity index (χ3n) is 4.29. The first-order valence-electron chi connectivity index (χ1n) is 7.74. The predicted molar refractivity (Wildman–Crippen MR) is 93.2 cm³/mol. The highest BCUT2D eigenvalue weighted by molar-refractivity contribution is 6.09. The van der Waals surface area contributed by atoms with E-state index in [-0.39, 0.29) is 10.8 Å². The molecule has 1 N–H and O–H groups in total. The van der Waals surface area contributed by atoms with Gasteiger partial charge in [0.1, 0.15) is 0 Å². The summed E-state index contributed by atoms with van der Waals surface area (Å²) < 4.78 is 0. The number of aromatic amines is 1. The lowest BCUT2D eigenvalue weighted by Crippen LogP contribution is -2.12. The lowest BCUT2D eigenvalue weighted by molar-refractivity contribution is 0.593. The molecule has 0 fully saturated rings. The van der Waals surface area contributed by atoms with Gasteiger partial charge in [0.05, 0.1) is 11.0 Å². The van der Waals surface area contributed by atoms with Gasteiger partial charge in [-0.1, -0.05) is 77.9 Å². The van der Waals surface area contributed by atoms with Crippen LogP contribution in [0, 0.1) is 0 Å². The van der Waals surface area contributed by atoms with Crippen molar-refractivity contribution in [1.29, 1.82) is 0 Å². The van der Waals surface area contributed by atoms with Crippen molar-refractivity contribution in [3.05, 3.63) is 47.5 Å². The van der Waals surface area contributed by atoms with Crippen LogP contribution in [0.25, 0.3) is 21.8 Å². The second-order valence-corrected chi connectivity index (χ2v) is 8.08. The lowest BCUT2D eigenvalue weighted by Gasteiger charge is -2.20. The molecule has 0 spiro atoms. The zero-order valence-electron chi connectivity index (χ0n) is 14.0. The van der Waals surface area contributed by atoms with Gasteiger partial charge >= 0.3 is 0 Å². The molecular weight excluding hydrogens is 254 g/mol. The molecule has 0 aliphatic rings. The van der Waals surface area contributed by atoms with E-state index >= 15 is 0 Å². The van der Waals surface area contributed by atoms with Gasteiger partial charge in [0.2, 0.25) is 0 Å². The molecule has 0 atom stereocenters. The molecule has 3 aromatic rings. The minimum Gasteiger partial charge on any atom is -0.354 e. The molecule has 110 valence electrons. The maximum atomic E-state index is 3.73. The summed E-state index contributed by atoms with van der Waals surface area (Å²) in [6.07, 6.45) is 0. The number of benzene rings is 2. The van der Waals surface area contributed by atoms with Crippen molar-refractivity contribution in [2.75, 3.05) is 0 Å². The Balaban J connectivity index is 2.46. The van der Waals surface area contributed by atoms with Crippen LogP contribution in [0.5, 0.6) is 0 Å². The Morgan fingerprint density at radius 3 is 1.33 bits per heavy atom. The van der Waals surface area contributed by atoms with Crippen molar-refractivity contribution < 1.29 is 0 Å². The van der Waals surface area contributed by atoms with E-state index in [1.807, 2.05) is 0 Å². The summed E-state index contributed by atoms with van der Waals surface area (Å²) >= 11 is 0. The number of fused-ring (bicyclic) bond motifs is 3. The molecule has 0 saturated heterocycles. The van der Waals surface area contributed by atoms with Crippen LogP contribution in [-0.2, 0) is 10.8 Å². The molecular formula is C20H25N.